The predicted molar refractivity (Wildman–Crippen MR) is 71.6 cm³/mol. The molecule has 18 heavy (non-hydrogen) atoms. The zero-order valence-corrected chi connectivity index (χ0v) is 10.8. The van der Waals surface area contributed by atoms with Crippen LogP contribution in [0.5, 0.6) is 0 Å². The van der Waals surface area contributed by atoms with Crippen molar-refractivity contribution in [1.82, 2.24) is 5.32 Å². The number of aliphatic hydroxyl groups is 1. The molecule has 0 atom stereocenters. The van der Waals surface area contributed by atoms with Crippen LogP contribution >= 0.6 is 11.6 Å². The Bertz CT molecular complexity index is 456. The Morgan fingerprint density at radius 1 is 1.44 bits per heavy atom. The smallest absolute Gasteiger partial charge is 0.253 e. The van der Waals surface area contributed by atoms with Gasteiger partial charge in [-0.3, -0.25) is 4.79 Å². The van der Waals surface area contributed by atoms with Crippen LogP contribution in [0.4, 0.5) is 5.69 Å². The van der Waals surface area contributed by atoms with Gasteiger partial charge in [-0.1, -0.05) is 24.4 Å². The van der Waals surface area contributed by atoms with Gasteiger partial charge in [-0.25, -0.2) is 0 Å². The number of carbonyl (C=O) groups is 1. The first kappa shape index (κ1) is 13.2. The lowest BCUT2D eigenvalue weighted by atomic mass is 10.0. The molecule has 0 bridgehead atoms. The fourth-order valence-electron chi connectivity index (χ4n) is 2.28. The number of nitrogens with two attached hydrogens (primary N) is 1. The molecule has 0 aliphatic heterocycles. The molecule has 0 aromatic heterocycles. The molecule has 1 fully saturated rings. The zero-order valence-electron chi connectivity index (χ0n) is 10.1. The molecule has 0 heterocycles. The van der Waals surface area contributed by atoms with E-state index in [1.54, 1.807) is 12.1 Å². The molecule has 0 unspecified atom stereocenters. The minimum Gasteiger partial charge on any atom is -0.398 e. The molecule has 1 aliphatic rings. The average molecular weight is 269 g/mol. The Kier molecular flexibility index (Phi) is 3.78. The summed E-state index contributed by atoms with van der Waals surface area (Å²) in [5.41, 5.74) is 5.70. The van der Waals surface area contributed by atoms with Gasteiger partial charge in [0, 0.05) is 17.3 Å². The second kappa shape index (κ2) is 5.16. The third-order valence-electron chi connectivity index (χ3n) is 3.37. The van der Waals surface area contributed by atoms with E-state index in [1.165, 1.54) is 6.07 Å². The maximum atomic E-state index is 12.0. The normalized spacial score (nSPS) is 17.7. The van der Waals surface area contributed by atoms with Gasteiger partial charge in [-0.15, -0.1) is 0 Å². The van der Waals surface area contributed by atoms with Crippen molar-refractivity contribution in [2.75, 3.05) is 12.3 Å². The number of benzene rings is 1. The van der Waals surface area contributed by atoms with Crippen molar-refractivity contribution in [2.24, 2.45) is 0 Å². The number of anilines is 1. The summed E-state index contributed by atoms with van der Waals surface area (Å²) in [4.78, 5) is 12.0. The lowest BCUT2D eigenvalue weighted by molar-refractivity contribution is 0.0450. The molecule has 0 spiro atoms. The van der Waals surface area contributed by atoms with E-state index in [0.717, 1.165) is 25.7 Å². The Morgan fingerprint density at radius 2 is 2.11 bits per heavy atom. The molecule has 0 saturated heterocycles. The minimum absolute atomic E-state index is 0.262. The number of nitrogens with one attached hydrogen (secondary N) is 1. The van der Waals surface area contributed by atoms with Crippen LogP contribution < -0.4 is 11.1 Å². The lowest BCUT2D eigenvalue weighted by Crippen LogP contribution is -2.40. The quantitative estimate of drug-likeness (QED) is 0.734. The largest absolute Gasteiger partial charge is 0.398 e. The maximum absolute atomic E-state index is 12.0. The van der Waals surface area contributed by atoms with Crippen molar-refractivity contribution in [3.8, 4) is 0 Å². The molecular formula is C13H17ClN2O2. The number of carbonyl (C=O) groups excluding carboxylic acids is 1. The van der Waals surface area contributed by atoms with Gasteiger partial charge in [-0.05, 0) is 31.0 Å². The average Bonchev–Trinajstić information content (AvgIpc) is 2.77. The van der Waals surface area contributed by atoms with E-state index in [1.807, 2.05) is 0 Å². The van der Waals surface area contributed by atoms with Crippen LogP contribution in [-0.4, -0.2) is 23.2 Å². The Hall–Kier alpha value is -1.26. The van der Waals surface area contributed by atoms with E-state index in [2.05, 4.69) is 5.32 Å². The summed E-state index contributed by atoms with van der Waals surface area (Å²) in [6.45, 7) is 0.262. The SMILES string of the molecule is Nc1ccc(Cl)cc1C(=O)NCC1(O)CCCC1. The summed E-state index contributed by atoms with van der Waals surface area (Å²) in [5.74, 6) is -0.296. The van der Waals surface area contributed by atoms with Crippen molar-refractivity contribution < 1.29 is 9.90 Å². The highest BCUT2D eigenvalue weighted by Crippen LogP contribution is 2.28. The molecule has 1 aromatic rings. The van der Waals surface area contributed by atoms with Crippen molar-refractivity contribution >= 4 is 23.2 Å². The first-order chi connectivity index (χ1) is 8.50. The monoisotopic (exact) mass is 268 g/mol. The summed E-state index contributed by atoms with van der Waals surface area (Å²) in [5, 5.41) is 13.3. The Labute approximate surface area is 111 Å². The first-order valence-electron chi connectivity index (χ1n) is 6.06. The second-order valence-electron chi connectivity index (χ2n) is 4.85. The summed E-state index contributed by atoms with van der Waals surface area (Å²) in [6, 6.07) is 4.77. The molecule has 2 rings (SSSR count). The number of hydrogen-bond donors (Lipinski definition) is 3. The molecule has 1 aromatic carbocycles. The van der Waals surface area contributed by atoms with Crippen LogP contribution in [-0.2, 0) is 0 Å². The highest BCUT2D eigenvalue weighted by atomic mass is 35.5. The van der Waals surface area contributed by atoms with E-state index in [0.29, 0.717) is 16.3 Å². The van der Waals surface area contributed by atoms with Gasteiger partial charge in [0.1, 0.15) is 0 Å². The van der Waals surface area contributed by atoms with Crippen LogP contribution in [0.1, 0.15) is 36.0 Å². The van der Waals surface area contributed by atoms with Crippen LogP contribution in [0.25, 0.3) is 0 Å². The number of halogens is 1. The van der Waals surface area contributed by atoms with Crippen molar-refractivity contribution in [1.29, 1.82) is 0 Å². The van der Waals surface area contributed by atoms with Gasteiger partial charge in [0.25, 0.3) is 5.91 Å². The predicted octanol–water partition coefficient (Wildman–Crippen LogP) is 1.96. The van der Waals surface area contributed by atoms with E-state index in [4.69, 9.17) is 17.3 Å². The van der Waals surface area contributed by atoms with E-state index in [9.17, 15) is 9.90 Å². The first-order valence-corrected chi connectivity index (χ1v) is 6.44. The van der Waals surface area contributed by atoms with E-state index in [-0.39, 0.29) is 12.5 Å². The molecule has 1 aliphatic carbocycles. The van der Waals surface area contributed by atoms with Crippen LogP contribution in [0.15, 0.2) is 18.2 Å². The fourth-order valence-corrected chi connectivity index (χ4v) is 2.45. The molecule has 1 amide bonds. The van der Waals surface area contributed by atoms with Gasteiger partial charge < -0.3 is 16.2 Å². The lowest BCUT2D eigenvalue weighted by Gasteiger charge is -2.22. The van der Waals surface area contributed by atoms with Crippen molar-refractivity contribution in [3.63, 3.8) is 0 Å². The Balaban J connectivity index is 2.01. The number of rotatable bonds is 3. The molecule has 4 nitrogen and oxygen atoms in total. The minimum atomic E-state index is -0.761. The fraction of sp³-hybridized carbons (Fsp3) is 0.462. The molecule has 0 radical (unpaired) electrons. The van der Waals surface area contributed by atoms with Crippen LogP contribution in [0.2, 0.25) is 5.02 Å². The molecule has 1 saturated carbocycles. The number of amides is 1. The highest BCUT2D eigenvalue weighted by Gasteiger charge is 2.31. The molecule has 98 valence electrons. The van der Waals surface area contributed by atoms with Crippen molar-refractivity contribution in [2.45, 2.75) is 31.3 Å². The summed E-state index contributed by atoms with van der Waals surface area (Å²) in [7, 11) is 0. The Morgan fingerprint density at radius 3 is 2.78 bits per heavy atom. The highest BCUT2D eigenvalue weighted by molar-refractivity contribution is 6.31. The summed E-state index contributed by atoms with van der Waals surface area (Å²) >= 11 is 5.83. The van der Waals surface area contributed by atoms with Gasteiger partial charge >= 0.3 is 0 Å². The standard InChI is InChI=1S/C13H17ClN2O2/c14-9-3-4-11(15)10(7-9)12(17)16-8-13(18)5-1-2-6-13/h3-4,7,18H,1-2,5-6,8,15H2,(H,16,17). The van der Waals surface area contributed by atoms with Crippen LogP contribution in [0, 0.1) is 0 Å². The zero-order chi connectivity index (χ0) is 13.2. The van der Waals surface area contributed by atoms with Gasteiger partial charge in [-0.2, -0.15) is 0 Å². The third-order valence-corrected chi connectivity index (χ3v) is 3.61. The van der Waals surface area contributed by atoms with Crippen molar-refractivity contribution in [3.05, 3.63) is 28.8 Å². The van der Waals surface area contributed by atoms with Crippen LogP contribution in [0.3, 0.4) is 0 Å². The maximum Gasteiger partial charge on any atom is 0.253 e. The number of nitrogen functional groups attached to an aromatic ring is 1. The van der Waals surface area contributed by atoms with Gasteiger partial charge in [0.2, 0.25) is 0 Å². The summed E-state index contributed by atoms with van der Waals surface area (Å²) < 4.78 is 0. The molecule has 5 heteroatoms. The molecular weight excluding hydrogens is 252 g/mol. The topological polar surface area (TPSA) is 75.4 Å². The third kappa shape index (κ3) is 2.94. The van der Waals surface area contributed by atoms with E-state index < -0.39 is 5.60 Å². The second-order valence-corrected chi connectivity index (χ2v) is 5.28. The van der Waals surface area contributed by atoms with Gasteiger partial charge in [0.15, 0.2) is 0 Å². The number of hydrogen-bond acceptors (Lipinski definition) is 3. The van der Waals surface area contributed by atoms with E-state index >= 15 is 0 Å². The summed E-state index contributed by atoms with van der Waals surface area (Å²) in [6.07, 6.45) is 3.48. The molecule has 4 N–H and O–H groups in total. The van der Waals surface area contributed by atoms with Gasteiger partial charge in [0.05, 0.1) is 11.2 Å².